The number of hydrogen-bond acceptors (Lipinski definition) is 3. The molecule has 21 heavy (non-hydrogen) atoms. The fraction of sp³-hybridized carbons (Fsp3) is 0.0714. The SMILES string of the molecule is Cc1c(C(=O)Nc2cc(Br)ccc2Cl)cccc1[N+](=O)[O-]. The van der Waals surface area contributed by atoms with Gasteiger partial charge >= 0.3 is 0 Å². The molecule has 2 rings (SSSR count). The Hall–Kier alpha value is -1.92. The summed E-state index contributed by atoms with van der Waals surface area (Å²) >= 11 is 9.29. The first-order valence-corrected chi connectivity index (χ1v) is 7.07. The molecule has 0 bridgehead atoms. The molecule has 0 saturated carbocycles. The van der Waals surface area contributed by atoms with Gasteiger partial charge in [0.05, 0.1) is 15.6 Å². The van der Waals surface area contributed by atoms with Crippen molar-refractivity contribution in [2.24, 2.45) is 0 Å². The molecule has 0 saturated heterocycles. The standard InChI is InChI=1S/C14H10BrClN2O3/c1-8-10(3-2-4-13(8)18(20)21)14(19)17-12-7-9(15)5-6-11(12)16/h2-7H,1H3,(H,17,19). The summed E-state index contributed by atoms with van der Waals surface area (Å²) in [5.74, 6) is -0.448. The molecule has 0 radical (unpaired) electrons. The molecule has 0 aliphatic carbocycles. The number of nitrogens with one attached hydrogen (secondary N) is 1. The fourth-order valence-corrected chi connectivity index (χ4v) is 2.38. The van der Waals surface area contributed by atoms with Crippen molar-refractivity contribution in [3.8, 4) is 0 Å². The maximum atomic E-state index is 12.3. The molecule has 7 heteroatoms. The first-order chi connectivity index (χ1) is 9.90. The van der Waals surface area contributed by atoms with Crippen molar-refractivity contribution in [3.05, 3.63) is 67.1 Å². The Balaban J connectivity index is 2.35. The Morgan fingerprint density at radius 3 is 2.71 bits per heavy atom. The van der Waals surface area contributed by atoms with E-state index < -0.39 is 10.8 Å². The molecule has 0 aliphatic heterocycles. The summed E-state index contributed by atoms with van der Waals surface area (Å²) in [6.45, 7) is 1.54. The van der Waals surface area contributed by atoms with Gasteiger partial charge in [-0.15, -0.1) is 0 Å². The van der Waals surface area contributed by atoms with Gasteiger partial charge in [-0.3, -0.25) is 14.9 Å². The van der Waals surface area contributed by atoms with E-state index in [4.69, 9.17) is 11.6 Å². The van der Waals surface area contributed by atoms with Crippen LogP contribution in [-0.2, 0) is 0 Å². The van der Waals surface area contributed by atoms with Gasteiger partial charge in [-0.05, 0) is 31.2 Å². The molecule has 0 atom stereocenters. The molecule has 108 valence electrons. The van der Waals surface area contributed by atoms with Crippen LogP contribution in [0.4, 0.5) is 11.4 Å². The zero-order valence-corrected chi connectivity index (χ0v) is 13.2. The van der Waals surface area contributed by atoms with Crippen molar-refractivity contribution in [1.29, 1.82) is 0 Å². The zero-order valence-electron chi connectivity index (χ0n) is 10.9. The predicted molar refractivity (Wildman–Crippen MR) is 84.9 cm³/mol. The van der Waals surface area contributed by atoms with Gasteiger partial charge in [-0.2, -0.15) is 0 Å². The number of carbonyl (C=O) groups is 1. The Morgan fingerprint density at radius 1 is 1.33 bits per heavy atom. The summed E-state index contributed by atoms with van der Waals surface area (Å²) in [7, 11) is 0. The third-order valence-electron chi connectivity index (χ3n) is 2.92. The Bertz CT molecular complexity index is 734. The minimum absolute atomic E-state index is 0.0945. The molecule has 1 amide bonds. The van der Waals surface area contributed by atoms with E-state index in [-0.39, 0.29) is 11.3 Å². The van der Waals surface area contributed by atoms with Crippen LogP contribution in [0, 0.1) is 17.0 Å². The third-order valence-corrected chi connectivity index (χ3v) is 3.75. The van der Waals surface area contributed by atoms with Crippen LogP contribution < -0.4 is 5.32 Å². The van der Waals surface area contributed by atoms with E-state index in [2.05, 4.69) is 21.2 Å². The lowest BCUT2D eigenvalue weighted by Crippen LogP contribution is -2.14. The van der Waals surface area contributed by atoms with Gasteiger partial charge in [0.25, 0.3) is 11.6 Å². The molecule has 0 unspecified atom stereocenters. The molecule has 2 aromatic rings. The number of amides is 1. The van der Waals surface area contributed by atoms with E-state index >= 15 is 0 Å². The van der Waals surface area contributed by atoms with Crippen LogP contribution in [-0.4, -0.2) is 10.8 Å². The topological polar surface area (TPSA) is 72.2 Å². The van der Waals surface area contributed by atoms with Crippen molar-refractivity contribution < 1.29 is 9.72 Å². The van der Waals surface area contributed by atoms with E-state index in [0.29, 0.717) is 16.3 Å². The fourth-order valence-electron chi connectivity index (χ4n) is 1.85. The van der Waals surface area contributed by atoms with Gasteiger partial charge in [-0.25, -0.2) is 0 Å². The average Bonchev–Trinajstić information content (AvgIpc) is 2.42. The summed E-state index contributed by atoms with van der Waals surface area (Å²) in [6.07, 6.45) is 0. The smallest absolute Gasteiger partial charge is 0.273 e. The summed E-state index contributed by atoms with van der Waals surface area (Å²) in [5, 5.41) is 13.9. The molecular weight excluding hydrogens is 360 g/mol. The lowest BCUT2D eigenvalue weighted by atomic mass is 10.1. The minimum Gasteiger partial charge on any atom is -0.321 e. The number of nitro groups is 1. The van der Waals surface area contributed by atoms with E-state index in [1.807, 2.05) is 0 Å². The molecule has 2 aromatic carbocycles. The second kappa shape index (κ2) is 6.24. The Kier molecular flexibility index (Phi) is 4.59. The molecule has 0 aromatic heterocycles. The van der Waals surface area contributed by atoms with Gasteiger partial charge in [-0.1, -0.05) is 33.6 Å². The van der Waals surface area contributed by atoms with E-state index in [0.717, 1.165) is 4.47 Å². The number of rotatable bonds is 3. The largest absolute Gasteiger partial charge is 0.321 e. The predicted octanol–water partition coefficient (Wildman–Crippen LogP) is 4.57. The first kappa shape index (κ1) is 15.5. The van der Waals surface area contributed by atoms with Gasteiger partial charge in [0, 0.05) is 21.7 Å². The number of hydrogen-bond donors (Lipinski definition) is 1. The highest BCUT2D eigenvalue weighted by Crippen LogP contribution is 2.27. The van der Waals surface area contributed by atoms with Gasteiger partial charge in [0.15, 0.2) is 0 Å². The molecule has 0 heterocycles. The summed E-state index contributed by atoms with van der Waals surface area (Å²) in [6, 6.07) is 9.41. The van der Waals surface area contributed by atoms with E-state index in [9.17, 15) is 14.9 Å². The molecule has 5 nitrogen and oxygen atoms in total. The first-order valence-electron chi connectivity index (χ1n) is 5.90. The third kappa shape index (κ3) is 3.40. The maximum absolute atomic E-state index is 12.3. The molecule has 1 N–H and O–H groups in total. The number of carbonyl (C=O) groups excluding carboxylic acids is 1. The van der Waals surface area contributed by atoms with Crippen molar-refractivity contribution in [2.45, 2.75) is 6.92 Å². The highest BCUT2D eigenvalue weighted by atomic mass is 79.9. The number of anilines is 1. The van der Waals surface area contributed by atoms with Crippen LogP contribution in [0.5, 0.6) is 0 Å². The van der Waals surface area contributed by atoms with Crippen molar-refractivity contribution in [3.63, 3.8) is 0 Å². The molecule has 0 aliphatic rings. The maximum Gasteiger partial charge on any atom is 0.273 e. The van der Waals surface area contributed by atoms with Crippen LogP contribution in [0.25, 0.3) is 0 Å². The van der Waals surface area contributed by atoms with Crippen LogP contribution in [0.3, 0.4) is 0 Å². The van der Waals surface area contributed by atoms with Crippen molar-refractivity contribution in [2.75, 3.05) is 5.32 Å². The van der Waals surface area contributed by atoms with Gasteiger partial charge in [0.2, 0.25) is 0 Å². The number of halogens is 2. The van der Waals surface area contributed by atoms with Gasteiger partial charge in [0.1, 0.15) is 0 Å². The van der Waals surface area contributed by atoms with E-state index in [1.54, 1.807) is 18.2 Å². The van der Waals surface area contributed by atoms with Crippen LogP contribution >= 0.6 is 27.5 Å². The molecule has 0 fully saturated rings. The number of nitro benzene ring substituents is 1. The molecular formula is C14H10BrClN2O3. The molecule has 0 spiro atoms. The highest BCUT2D eigenvalue weighted by Gasteiger charge is 2.18. The second-order valence-corrected chi connectivity index (χ2v) is 5.61. The second-order valence-electron chi connectivity index (χ2n) is 4.29. The van der Waals surface area contributed by atoms with E-state index in [1.165, 1.54) is 25.1 Å². The van der Waals surface area contributed by atoms with Crippen molar-refractivity contribution in [1.82, 2.24) is 0 Å². The Morgan fingerprint density at radius 2 is 2.05 bits per heavy atom. The lowest BCUT2D eigenvalue weighted by Gasteiger charge is -2.09. The number of benzene rings is 2. The normalized spacial score (nSPS) is 10.2. The van der Waals surface area contributed by atoms with Crippen molar-refractivity contribution >= 4 is 44.8 Å². The monoisotopic (exact) mass is 368 g/mol. The Labute approximate surface area is 134 Å². The average molecular weight is 370 g/mol. The lowest BCUT2D eigenvalue weighted by molar-refractivity contribution is -0.385. The number of nitrogens with zero attached hydrogens (tertiary/aromatic N) is 1. The van der Waals surface area contributed by atoms with Crippen LogP contribution in [0.2, 0.25) is 5.02 Å². The summed E-state index contributed by atoms with van der Waals surface area (Å²) in [5.41, 5.74) is 0.885. The summed E-state index contributed by atoms with van der Waals surface area (Å²) < 4.78 is 0.762. The van der Waals surface area contributed by atoms with Gasteiger partial charge < -0.3 is 5.32 Å². The minimum atomic E-state index is -0.516. The van der Waals surface area contributed by atoms with Crippen LogP contribution in [0.1, 0.15) is 15.9 Å². The highest BCUT2D eigenvalue weighted by molar-refractivity contribution is 9.10. The zero-order chi connectivity index (χ0) is 15.6. The quantitative estimate of drug-likeness (QED) is 0.636. The van der Waals surface area contributed by atoms with Crippen LogP contribution in [0.15, 0.2) is 40.9 Å². The summed E-state index contributed by atoms with van der Waals surface area (Å²) in [4.78, 5) is 22.7.